The van der Waals surface area contributed by atoms with E-state index in [0.717, 1.165) is 37.3 Å². The normalized spacial score (nSPS) is 14.1. The van der Waals surface area contributed by atoms with Crippen LogP contribution < -0.4 is 4.72 Å². The summed E-state index contributed by atoms with van der Waals surface area (Å²) >= 11 is 0. The Balaban J connectivity index is 3.14. The number of nitrogens with one attached hydrogen (secondary N) is 1. The zero-order valence-corrected chi connectivity index (χ0v) is 13.9. The minimum Gasteiger partial charge on any atom is -0.224 e. The zero-order valence-electron chi connectivity index (χ0n) is 12.3. The Bertz CT molecular complexity index is 699. The van der Waals surface area contributed by atoms with E-state index in [2.05, 4.69) is 4.72 Å². The lowest BCUT2D eigenvalue weighted by atomic mass is 10.2. The number of hydrogen-bond acceptors (Lipinski definition) is 4. The summed E-state index contributed by atoms with van der Waals surface area (Å²) in [4.78, 5) is -0.876. The van der Waals surface area contributed by atoms with E-state index in [0.29, 0.717) is 6.42 Å². The smallest absolute Gasteiger partial charge is 0.224 e. The monoisotopic (exact) mass is 337 g/mol. The van der Waals surface area contributed by atoms with Gasteiger partial charge in [0, 0.05) is 12.3 Å². The Kier molecular flexibility index (Phi) is 5.89. The lowest BCUT2D eigenvalue weighted by Gasteiger charge is -2.14. The van der Waals surface area contributed by atoms with Gasteiger partial charge in [0.2, 0.25) is 10.0 Å². The quantitative estimate of drug-likeness (QED) is 0.773. The highest BCUT2D eigenvalue weighted by Gasteiger charge is 2.23. The van der Waals surface area contributed by atoms with Crippen LogP contribution in [0.1, 0.15) is 33.1 Å². The van der Waals surface area contributed by atoms with E-state index in [1.54, 1.807) is 6.92 Å². The van der Waals surface area contributed by atoms with Crippen LogP contribution in [0.3, 0.4) is 0 Å². The van der Waals surface area contributed by atoms with Crippen LogP contribution in [-0.4, -0.2) is 29.1 Å². The molecule has 0 fully saturated rings. The number of rotatable bonds is 7. The molecular formula is C13H20FNO4S2. The SMILES string of the molecule is CCCCC(C)NS(=O)(=O)c1cc(S(C)(=O)=O)ccc1F. The predicted octanol–water partition coefficient (Wildman–Crippen LogP) is 2.09. The average molecular weight is 337 g/mol. The Hall–Kier alpha value is -0.990. The zero-order chi connectivity index (χ0) is 16.3. The highest BCUT2D eigenvalue weighted by Crippen LogP contribution is 2.20. The highest BCUT2D eigenvalue weighted by molar-refractivity contribution is 7.91. The van der Waals surface area contributed by atoms with Crippen LogP contribution in [-0.2, 0) is 19.9 Å². The first-order valence-electron chi connectivity index (χ1n) is 6.60. The van der Waals surface area contributed by atoms with E-state index in [1.807, 2.05) is 6.92 Å². The van der Waals surface area contributed by atoms with Crippen LogP contribution in [0.25, 0.3) is 0 Å². The van der Waals surface area contributed by atoms with E-state index in [4.69, 9.17) is 0 Å². The summed E-state index contributed by atoms with van der Waals surface area (Å²) in [5, 5.41) is 0. The number of sulfonamides is 1. The lowest BCUT2D eigenvalue weighted by molar-refractivity contribution is 0.523. The van der Waals surface area contributed by atoms with E-state index in [-0.39, 0.29) is 10.9 Å². The molecular weight excluding hydrogens is 317 g/mol. The molecule has 0 radical (unpaired) electrons. The Morgan fingerprint density at radius 1 is 1.24 bits per heavy atom. The number of hydrogen-bond donors (Lipinski definition) is 1. The molecule has 0 saturated heterocycles. The molecule has 0 heterocycles. The van der Waals surface area contributed by atoms with Gasteiger partial charge in [0.1, 0.15) is 10.7 Å². The maximum atomic E-state index is 13.7. The second-order valence-electron chi connectivity index (χ2n) is 5.03. The molecule has 0 amide bonds. The van der Waals surface area contributed by atoms with Crippen molar-refractivity contribution in [3.8, 4) is 0 Å². The molecule has 120 valence electrons. The van der Waals surface area contributed by atoms with Gasteiger partial charge < -0.3 is 0 Å². The summed E-state index contributed by atoms with van der Waals surface area (Å²) in [5.74, 6) is -0.974. The largest absolute Gasteiger partial charge is 0.243 e. The maximum Gasteiger partial charge on any atom is 0.243 e. The summed E-state index contributed by atoms with van der Waals surface area (Å²) < 4.78 is 63.3. The van der Waals surface area contributed by atoms with E-state index < -0.39 is 30.6 Å². The van der Waals surface area contributed by atoms with Crippen molar-refractivity contribution in [3.05, 3.63) is 24.0 Å². The molecule has 1 rings (SSSR count). The van der Waals surface area contributed by atoms with Crippen LogP contribution in [0.4, 0.5) is 4.39 Å². The molecule has 0 aromatic heterocycles. The minimum atomic E-state index is -4.09. The summed E-state index contributed by atoms with van der Waals surface area (Å²) in [5.41, 5.74) is 0. The second kappa shape index (κ2) is 6.85. The second-order valence-corrected chi connectivity index (χ2v) is 8.73. The minimum absolute atomic E-state index is 0.231. The van der Waals surface area contributed by atoms with Crippen LogP contribution >= 0.6 is 0 Å². The van der Waals surface area contributed by atoms with E-state index >= 15 is 0 Å². The van der Waals surface area contributed by atoms with Crippen LogP contribution in [0, 0.1) is 5.82 Å². The van der Waals surface area contributed by atoms with Crippen molar-refractivity contribution in [2.75, 3.05) is 6.26 Å². The van der Waals surface area contributed by atoms with Crippen molar-refractivity contribution in [2.45, 2.75) is 48.9 Å². The molecule has 0 bridgehead atoms. The Morgan fingerprint density at radius 3 is 2.38 bits per heavy atom. The lowest BCUT2D eigenvalue weighted by Crippen LogP contribution is -2.33. The van der Waals surface area contributed by atoms with Gasteiger partial charge in [0.25, 0.3) is 0 Å². The van der Waals surface area contributed by atoms with Gasteiger partial charge in [-0.2, -0.15) is 0 Å². The molecule has 0 saturated carbocycles. The predicted molar refractivity (Wildman–Crippen MR) is 78.8 cm³/mol. The standard InChI is InChI=1S/C13H20FNO4S2/c1-4-5-6-10(2)15-21(18,19)13-9-11(20(3,16)17)7-8-12(13)14/h7-10,15H,4-6H2,1-3H3. The number of benzene rings is 1. The average Bonchev–Trinajstić information content (AvgIpc) is 2.34. The van der Waals surface area contributed by atoms with Crippen LogP contribution in [0.5, 0.6) is 0 Å². The molecule has 8 heteroatoms. The van der Waals surface area contributed by atoms with Gasteiger partial charge in [0.05, 0.1) is 4.90 Å². The van der Waals surface area contributed by atoms with Crippen LogP contribution in [0.15, 0.2) is 28.0 Å². The molecule has 21 heavy (non-hydrogen) atoms. The third kappa shape index (κ3) is 5.05. The highest BCUT2D eigenvalue weighted by atomic mass is 32.2. The van der Waals surface area contributed by atoms with Gasteiger partial charge in [-0.15, -0.1) is 0 Å². The van der Waals surface area contributed by atoms with Crippen molar-refractivity contribution >= 4 is 19.9 Å². The van der Waals surface area contributed by atoms with Crippen molar-refractivity contribution in [1.29, 1.82) is 0 Å². The van der Waals surface area contributed by atoms with Gasteiger partial charge in [-0.1, -0.05) is 19.8 Å². The fourth-order valence-corrected chi connectivity index (χ4v) is 3.92. The molecule has 0 aliphatic rings. The third-order valence-corrected chi connectivity index (χ3v) is 5.68. The Labute approximate surface area is 125 Å². The summed E-state index contributed by atoms with van der Waals surface area (Å²) in [7, 11) is -7.70. The van der Waals surface area contributed by atoms with E-state index in [1.165, 1.54) is 0 Å². The summed E-state index contributed by atoms with van der Waals surface area (Å²) in [6, 6.07) is 2.39. The first-order valence-corrected chi connectivity index (χ1v) is 9.97. The molecule has 1 aromatic rings. The fraction of sp³-hybridized carbons (Fsp3) is 0.538. The van der Waals surface area contributed by atoms with Crippen molar-refractivity contribution in [2.24, 2.45) is 0 Å². The molecule has 0 aliphatic heterocycles. The number of halogens is 1. The molecule has 0 spiro atoms. The third-order valence-electron chi connectivity index (χ3n) is 2.97. The Morgan fingerprint density at radius 2 is 1.86 bits per heavy atom. The first kappa shape index (κ1) is 18.1. The molecule has 1 aromatic carbocycles. The van der Waals surface area contributed by atoms with Gasteiger partial charge in [-0.3, -0.25) is 0 Å². The van der Waals surface area contributed by atoms with Crippen LogP contribution in [0.2, 0.25) is 0 Å². The van der Waals surface area contributed by atoms with Crippen molar-refractivity contribution in [3.63, 3.8) is 0 Å². The van der Waals surface area contributed by atoms with Crippen molar-refractivity contribution in [1.82, 2.24) is 4.72 Å². The molecule has 1 N–H and O–H groups in total. The molecule has 1 atom stereocenters. The molecule has 1 unspecified atom stereocenters. The van der Waals surface area contributed by atoms with Gasteiger partial charge >= 0.3 is 0 Å². The molecule has 5 nitrogen and oxygen atoms in total. The summed E-state index contributed by atoms with van der Waals surface area (Å²) in [6.07, 6.45) is 3.33. The van der Waals surface area contributed by atoms with Gasteiger partial charge in [0.15, 0.2) is 9.84 Å². The fourth-order valence-electron chi connectivity index (χ4n) is 1.82. The summed E-state index contributed by atoms with van der Waals surface area (Å²) in [6.45, 7) is 3.67. The van der Waals surface area contributed by atoms with E-state index in [9.17, 15) is 21.2 Å². The maximum absolute atomic E-state index is 13.7. The number of sulfone groups is 1. The molecule has 0 aliphatic carbocycles. The van der Waals surface area contributed by atoms with Gasteiger partial charge in [-0.05, 0) is 31.5 Å². The topological polar surface area (TPSA) is 80.3 Å². The van der Waals surface area contributed by atoms with Crippen molar-refractivity contribution < 1.29 is 21.2 Å². The first-order chi connectivity index (χ1) is 9.58. The van der Waals surface area contributed by atoms with Gasteiger partial charge in [-0.25, -0.2) is 25.9 Å². The number of unbranched alkanes of at least 4 members (excludes halogenated alkanes) is 1.